The second-order valence-corrected chi connectivity index (χ2v) is 8.00. The molecule has 6 heteroatoms. The van der Waals surface area contributed by atoms with Gasteiger partial charge in [-0.1, -0.05) is 71.9 Å². The van der Waals surface area contributed by atoms with Crippen molar-refractivity contribution in [2.75, 3.05) is 0 Å². The first-order valence-electron chi connectivity index (χ1n) is 8.05. The van der Waals surface area contributed by atoms with Gasteiger partial charge in [-0.25, -0.2) is 0 Å². The zero-order valence-corrected chi connectivity index (χ0v) is 16.0. The average molecular weight is 386 g/mol. The summed E-state index contributed by atoms with van der Waals surface area (Å²) in [6.07, 6.45) is 0. The highest BCUT2D eigenvalue weighted by Gasteiger charge is 2.15. The Bertz CT molecular complexity index is 1010. The summed E-state index contributed by atoms with van der Waals surface area (Å²) in [5, 5.41) is 11.7. The topological polar surface area (TPSA) is 30.7 Å². The second kappa shape index (κ2) is 7.20. The maximum absolute atomic E-state index is 6.55. The van der Waals surface area contributed by atoms with Gasteiger partial charge in [-0.3, -0.25) is 0 Å². The Balaban J connectivity index is 1.61. The van der Waals surface area contributed by atoms with Crippen LogP contribution in [0.15, 0.2) is 59.8 Å². The fraction of sp³-hybridized carbons (Fsp3) is 0.158. The van der Waals surface area contributed by atoms with Crippen LogP contribution in [-0.4, -0.2) is 14.8 Å². The lowest BCUT2D eigenvalue weighted by atomic mass is 10.2. The lowest BCUT2D eigenvalue weighted by Gasteiger charge is -2.07. The number of thiophene rings is 1. The van der Waals surface area contributed by atoms with Crippen LogP contribution in [0.25, 0.3) is 21.5 Å². The highest BCUT2D eigenvalue weighted by atomic mass is 35.5. The molecule has 25 heavy (non-hydrogen) atoms. The van der Waals surface area contributed by atoms with Crippen molar-refractivity contribution in [1.29, 1.82) is 0 Å². The van der Waals surface area contributed by atoms with Crippen LogP contribution in [0.1, 0.15) is 11.8 Å². The van der Waals surface area contributed by atoms with Gasteiger partial charge in [-0.05, 0) is 13.0 Å². The molecule has 0 saturated heterocycles. The van der Waals surface area contributed by atoms with Gasteiger partial charge < -0.3 is 4.57 Å². The number of hydrogen-bond donors (Lipinski definition) is 0. The summed E-state index contributed by atoms with van der Waals surface area (Å²) < 4.78 is 3.38. The predicted molar refractivity (Wildman–Crippen MR) is 108 cm³/mol. The van der Waals surface area contributed by atoms with E-state index in [1.807, 2.05) is 30.3 Å². The smallest absolute Gasteiger partial charge is 0.191 e. The van der Waals surface area contributed by atoms with Gasteiger partial charge >= 0.3 is 0 Å². The van der Waals surface area contributed by atoms with E-state index in [-0.39, 0.29) is 0 Å². The van der Waals surface area contributed by atoms with E-state index in [2.05, 4.69) is 46.0 Å². The number of rotatable bonds is 5. The molecule has 0 bridgehead atoms. The minimum Gasteiger partial charge on any atom is -0.302 e. The van der Waals surface area contributed by atoms with E-state index < -0.39 is 0 Å². The van der Waals surface area contributed by atoms with E-state index in [1.54, 1.807) is 23.1 Å². The van der Waals surface area contributed by atoms with Crippen LogP contribution in [-0.2, 0) is 12.3 Å². The highest BCUT2D eigenvalue weighted by Crippen LogP contribution is 2.38. The van der Waals surface area contributed by atoms with Gasteiger partial charge in [0.15, 0.2) is 11.0 Å². The minimum atomic E-state index is 0.797. The molecule has 0 saturated carbocycles. The van der Waals surface area contributed by atoms with Crippen LogP contribution in [0.3, 0.4) is 0 Å². The largest absolute Gasteiger partial charge is 0.302 e. The Morgan fingerprint density at radius 1 is 1.04 bits per heavy atom. The van der Waals surface area contributed by atoms with Gasteiger partial charge in [-0.15, -0.1) is 21.5 Å². The summed E-state index contributed by atoms with van der Waals surface area (Å²) >= 11 is 9.99. The highest BCUT2D eigenvalue weighted by molar-refractivity contribution is 7.98. The molecule has 2 aromatic heterocycles. The van der Waals surface area contributed by atoms with Gasteiger partial charge in [-0.2, -0.15) is 0 Å². The van der Waals surface area contributed by atoms with Crippen LogP contribution in [0.4, 0.5) is 0 Å². The van der Waals surface area contributed by atoms with Crippen LogP contribution in [0.5, 0.6) is 0 Å². The molecule has 0 aliphatic heterocycles. The van der Waals surface area contributed by atoms with Crippen molar-refractivity contribution in [3.63, 3.8) is 0 Å². The van der Waals surface area contributed by atoms with Crippen molar-refractivity contribution >= 4 is 44.8 Å². The Hall–Kier alpha value is -1.82. The Labute approximate surface area is 159 Å². The van der Waals surface area contributed by atoms with Crippen molar-refractivity contribution in [1.82, 2.24) is 14.8 Å². The quantitative estimate of drug-likeness (QED) is 0.387. The Morgan fingerprint density at radius 2 is 1.80 bits per heavy atom. The molecule has 0 aliphatic rings. The molecular formula is C19H16ClN3S2. The number of fused-ring (bicyclic) bond motifs is 1. The van der Waals surface area contributed by atoms with Crippen LogP contribution < -0.4 is 0 Å². The van der Waals surface area contributed by atoms with E-state index >= 15 is 0 Å². The number of nitrogens with zero attached hydrogens (tertiary/aromatic N) is 3. The van der Waals surface area contributed by atoms with E-state index in [4.69, 9.17) is 11.6 Å². The summed E-state index contributed by atoms with van der Waals surface area (Å²) in [5.74, 6) is 1.71. The zero-order valence-electron chi connectivity index (χ0n) is 13.6. The van der Waals surface area contributed by atoms with Gasteiger partial charge in [0.2, 0.25) is 0 Å². The van der Waals surface area contributed by atoms with E-state index in [9.17, 15) is 0 Å². The van der Waals surface area contributed by atoms with Gasteiger partial charge in [0, 0.05) is 32.8 Å². The van der Waals surface area contributed by atoms with E-state index in [0.29, 0.717) is 0 Å². The fourth-order valence-electron chi connectivity index (χ4n) is 2.77. The standard InChI is InChI=1S/C19H16ClN3S2/c1-2-23-18(13-8-4-3-5-9-13)21-22-19(23)24-12-16-17(20)14-10-6-7-11-15(14)25-16/h3-11H,2,12H2,1H3. The first kappa shape index (κ1) is 16.6. The molecule has 2 heterocycles. The van der Waals surface area contributed by atoms with Gasteiger partial charge in [0.1, 0.15) is 0 Å². The summed E-state index contributed by atoms with van der Waals surface area (Å²) in [7, 11) is 0. The molecule has 4 rings (SSSR count). The van der Waals surface area contributed by atoms with Gasteiger partial charge in [0.05, 0.1) is 5.02 Å². The first-order valence-corrected chi connectivity index (χ1v) is 10.2. The van der Waals surface area contributed by atoms with Crippen molar-refractivity contribution in [3.8, 4) is 11.4 Å². The molecule has 2 aromatic carbocycles. The second-order valence-electron chi connectivity index (χ2n) is 5.54. The summed E-state index contributed by atoms with van der Waals surface area (Å²) in [6, 6.07) is 18.4. The van der Waals surface area contributed by atoms with E-state index in [0.717, 1.165) is 39.3 Å². The Kier molecular flexibility index (Phi) is 4.79. The predicted octanol–water partition coefficient (Wildman–Crippen LogP) is 6.13. The van der Waals surface area contributed by atoms with E-state index in [1.165, 1.54) is 9.58 Å². The van der Waals surface area contributed by atoms with Crippen LogP contribution >= 0.6 is 34.7 Å². The molecule has 126 valence electrons. The number of aromatic nitrogens is 3. The number of benzene rings is 2. The maximum Gasteiger partial charge on any atom is 0.191 e. The molecule has 0 atom stereocenters. The third kappa shape index (κ3) is 3.19. The summed E-state index contributed by atoms with van der Waals surface area (Å²) in [5.41, 5.74) is 1.09. The molecule has 4 aromatic rings. The third-order valence-corrected chi connectivity index (χ3v) is 6.89. The molecule has 0 aliphatic carbocycles. The molecular weight excluding hydrogens is 370 g/mol. The normalized spacial score (nSPS) is 11.3. The third-order valence-electron chi connectivity index (χ3n) is 4.00. The monoisotopic (exact) mass is 385 g/mol. The zero-order chi connectivity index (χ0) is 17.2. The van der Waals surface area contributed by atoms with Crippen molar-refractivity contribution in [3.05, 3.63) is 64.5 Å². The summed E-state index contributed by atoms with van der Waals surface area (Å²) in [4.78, 5) is 1.18. The molecule has 0 spiro atoms. The average Bonchev–Trinajstić information content (AvgIpc) is 3.22. The SMILES string of the molecule is CCn1c(SCc2sc3ccccc3c2Cl)nnc1-c1ccccc1. The number of halogens is 1. The maximum atomic E-state index is 6.55. The lowest BCUT2D eigenvalue weighted by Crippen LogP contribution is -1.99. The van der Waals surface area contributed by atoms with Crippen LogP contribution in [0.2, 0.25) is 5.02 Å². The fourth-order valence-corrected chi connectivity index (χ4v) is 5.43. The Morgan fingerprint density at radius 3 is 2.56 bits per heavy atom. The lowest BCUT2D eigenvalue weighted by molar-refractivity contribution is 0.687. The summed E-state index contributed by atoms with van der Waals surface area (Å²) in [6.45, 7) is 2.95. The van der Waals surface area contributed by atoms with Crippen molar-refractivity contribution < 1.29 is 0 Å². The van der Waals surface area contributed by atoms with Crippen molar-refractivity contribution in [2.45, 2.75) is 24.4 Å². The molecule has 0 fully saturated rings. The first-order chi connectivity index (χ1) is 12.3. The molecule has 0 radical (unpaired) electrons. The molecule has 0 N–H and O–H groups in total. The molecule has 3 nitrogen and oxygen atoms in total. The number of hydrogen-bond acceptors (Lipinski definition) is 4. The number of thioether (sulfide) groups is 1. The molecule has 0 amide bonds. The van der Waals surface area contributed by atoms with Crippen molar-refractivity contribution in [2.24, 2.45) is 0 Å². The van der Waals surface area contributed by atoms with Crippen LogP contribution in [0, 0.1) is 0 Å². The minimum absolute atomic E-state index is 0.797. The molecule has 0 unspecified atom stereocenters. The van der Waals surface area contributed by atoms with Gasteiger partial charge in [0.25, 0.3) is 0 Å².